The number of rotatable bonds is 4. The number of carboxylic acid groups (broad SMARTS) is 1. The number of aliphatic carboxylic acids is 1. The van der Waals surface area contributed by atoms with E-state index >= 15 is 0 Å². The third kappa shape index (κ3) is 7.08. The van der Waals surface area contributed by atoms with E-state index in [4.69, 9.17) is 4.74 Å². The number of aliphatic hydroxyl groups is 3. The fraction of sp³-hybridized carbons (Fsp3) is 0.375. The molecule has 0 unspecified atom stereocenters. The van der Waals surface area contributed by atoms with Gasteiger partial charge in [0.1, 0.15) is 17.8 Å². The number of phenols is 2. The number of carbonyl (C=O) groups excluding carboxylic acids is 2. The quantitative estimate of drug-likeness (QED) is 0.0833. The van der Waals surface area contributed by atoms with Gasteiger partial charge in [0.15, 0.2) is 22.7 Å². The fourth-order valence-electron chi connectivity index (χ4n) is 4.00. The SMILES string of the molecule is Cn1c(=O)c2c(ncn2C)n(C)c1=O.O=C(C=Cc1ccc(O)c(O)c1)O[C@@H]1C[C@](O)(C(=O)[O-])C[C@@H](O)[C@H]1O.[K+]. The number of imidazole rings is 1. The zero-order chi connectivity index (χ0) is 29.2. The Hall–Kier alpha value is -2.83. The van der Waals surface area contributed by atoms with E-state index < -0.39 is 48.7 Å². The van der Waals surface area contributed by atoms with Crippen LogP contribution >= 0.6 is 0 Å². The number of hydrogen-bond donors (Lipinski definition) is 5. The van der Waals surface area contributed by atoms with Gasteiger partial charge in [-0.1, -0.05) is 6.07 Å². The molecule has 3 aromatic rings. The van der Waals surface area contributed by atoms with Crippen LogP contribution in [0.3, 0.4) is 0 Å². The van der Waals surface area contributed by atoms with Gasteiger partial charge in [-0.15, -0.1) is 0 Å². The van der Waals surface area contributed by atoms with E-state index in [0.29, 0.717) is 16.7 Å². The molecule has 0 radical (unpaired) electrons. The Bertz CT molecular complexity index is 1560. The number of aliphatic hydroxyl groups excluding tert-OH is 2. The molecule has 0 saturated heterocycles. The van der Waals surface area contributed by atoms with Gasteiger partial charge in [-0.25, -0.2) is 14.6 Å². The second-order valence-electron chi connectivity index (χ2n) is 9.08. The summed E-state index contributed by atoms with van der Waals surface area (Å²) in [6, 6.07) is 3.81. The van der Waals surface area contributed by atoms with Crippen LogP contribution < -0.4 is 67.7 Å². The Morgan fingerprint density at radius 2 is 1.75 bits per heavy atom. The van der Waals surface area contributed by atoms with Gasteiger partial charge in [-0.3, -0.25) is 13.9 Å². The Labute approximate surface area is 268 Å². The summed E-state index contributed by atoms with van der Waals surface area (Å²) < 4.78 is 8.94. The molecule has 1 fully saturated rings. The van der Waals surface area contributed by atoms with Gasteiger partial charge in [0, 0.05) is 40.1 Å². The Balaban J connectivity index is 0.000000316. The number of esters is 1. The summed E-state index contributed by atoms with van der Waals surface area (Å²) >= 11 is 0. The maximum absolute atomic E-state index is 11.8. The molecule has 4 rings (SSSR count). The molecular weight excluding hydrogens is 559 g/mol. The number of aromatic hydroxyl groups is 2. The smallest absolute Gasteiger partial charge is 0.547 e. The second kappa shape index (κ2) is 13.2. The number of phenolic OH excluding ortho intramolecular Hbond substituents is 2. The molecule has 0 spiro atoms. The van der Waals surface area contributed by atoms with Crippen molar-refractivity contribution in [2.24, 2.45) is 21.1 Å². The molecule has 16 heteroatoms. The van der Waals surface area contributed by atoms with Gasteiger partial charge in [0.05, 0.1) is 18.4 Å². The number of benzene rings is 1. The maximum atomic E-state index is 11.8. The predicted octanol–water partition coefficient (Wildman–Crippen LogP) is -6.01. The zero-order valence-electron chi connectivity index (χ0n) is 22.1. The number of fused-ring (bicyclic) bond motifs is 1. The van der Waals surface area contributed by atoms with Crippen molar-refractivity contribution in [1.29, 1.82) is 0 Å². The van der Waals surface area contributed by atoms with Gasteiger partial charge < -0.3 is 44.7 Å². The van der Waals surface area contributed by atoms with E-state index in [-0.39, 0.29) is 74.1 Å². The molecule has 40 heavy (non-hydrogen) atoms. The van der Waals surface area contributed by atoms with Crippen molar-refractivity contribution in [3.05, 3.63) is 57.0 Å². The minimum Gasteiger partial charge on any atom is -0.547 e. The van der Waals surface area contributed by atoms with Gasteiger partial charge in [0.25, 0.3) is 5.56 Å². The molecule has 5 N–H and O–H groups in total. The Morgan fingerprint density at radius 3 is 2.35 bits per heavy atom. The molecule has 1 saturated carbocycles. The molecule has 15 nitrogen and oxygen atoms in total. The van der Waals surface area contributed by atoms with E-state index in [1.807, 2.05) is 0 Å². The molecule has 1 aromatic carbocycles. The summed E-state index contributed by atoms with van der Waals surface area (Å²) in [5.41, 5.74) is -1.88. The largest absolute Gasteiger partial charge is 1.00 e. The van der Waals surface area contributed by atoms with Crippen molar-refractivity contribution in [3.8, 4) is 11.5 Å². The van der Waals surface area contributed by atoms with E-state index in [1.165, 1.54) is 42.2 Å². The molecule has 210 valence electrons. The van der Waals surface area contributed by atoms with Crippen LogP contribution in [0.15, 0.2) is 40.2 Å². The predicted molar refractivity (Wildman–Crippen MR) is 131 cm³/mol. The second-order valence-corrected chi connectivity index (χ2v) is 9.08. The number of nitrogens with zero attached hydrogens (tertiary/aromatic N) is 4. The molecule has 2 aromatic heterocycles. The van der Waals surface area contributed by atoms with Crippen LogP contribution in [0.2, 0.25) is 0 Å². The number of carbonyl (C=O) groups is 2. The average molecular weight is 587 g/mol. The molecule has 0 amide bonds. The van der Waals surface area contributed by atoms with Crippen molar-refractivity contribution >= 4 is 29.2 Å². The summed E-state index contributed by atoms with van der Waals surface area (Å²) in [6.07, 6.45) is -2.18. The summed E-state index contributed by atoms with van der Waals surface area (Å²) in [6.45, 7) is 0. The first-order chi connectivity index (χ1) is 18.2. The van der Waals surface area contributed by atoms with Crippen LogP contribution in [0.1, 0.15) is 18.4 Å². The minimum atomic E-state index is -2.42. The van der Waals surface area contributed by atoms with Crippen molar-refractivity contribution in [2.75, 3.05) is 0 Å². The van der Waals surface area contributed by atoms with Crippen molar-refractivity contribution in [2.45, 2.75) is 36.8 Å². The number of carboxylic acids is 1. The van der Waals surface area contributed by atoms with Gasteiger partial charge in [-0.05, 0) is 23.8 Å². The van der Waals surface area contributed by atoms with Crippen molar-refractivity contribution in [1.82, 2.24) is 18.7 Å². The monoisotopic (exact) mass is 586 g/mol. The van der Waals surface area contributed by atoms with Gasteiger partial charge in [0.2, 0.25) is 0 Å². The minimum absolute atomic E-state index is 0. The van der Waals surface area contributed by atoms with Crippen LogP contribution in [0.5, 0.6) is 11.5 Å². The van der Waals surface area contributed by atoms with E-state index in [2.05, 4.69) is 4.98 Å². The van der Waals surface area contributed by atoms with E-state index in [9.17, 15) is 49.8 Å². The first-order valence-electron chi connectivity index (χ1n) is 11.4. The first-order valence-corrected chi connectivity index (χ1v) is 11.4. The third-order valence-corrected chi connectivity index (χ3v) is 6.24. The standard InChI is InChI=1S/C16H18O9.C8H10N4O2.K/c17-9-3-1-8(5-10(9)18)2-4-13(20)25-12-7-16(24,15(22)23)6-11(19)14(12)21;1-10-4-9-6-5(10)7(13)12(3)8(14)11(6)2;/h1-5,11-12,14,17-19,21,24H,6-7H2,(H,22,23);4H,1-3H3;/q;;+1/p-1/t11-,12-,14-,16+;;/m1../s1. The fourth-order valence-corrected chi connectivity index (χ4v) is 4.00. The molecule has 0 aliphatic heterocycles. The summed E-state index contributed by atoms with van der Waals surface area (Å²) in [4.78, 5) is 49.9. The summed E-state index contributed by atoms with van der Waals surface area (Å²) in [7, 11) is 4.77. The Kier molecular flexibility index (Phi) is 11.0. The van der Waals surface area contributed by atoms with Gasteiger partial charge in [-0.2, -0.15) is 0 Å². The van der Waals surface area contributed by atoms with E-state index in [0.717, 1.165) is 10.6 Å². The third-order valence-electron chi connectivity index (χ3n) is 6.24. The summed E-state index contributed by atoms with van der Waals surface area (Å²) in [5, 5.41) is 58.9. The molecule has 4 atom stereocenters. The average Bonchev–Trinajstić information content (AvgIpc) is 3.27. The normalized spacial score (nSPS) is 22.3. The molecule has 2 heterocycles. The number of hydrogen-bond acceptors (Lipinski definition) is 12. The van der Waals surface area contributed by atoms with Crippen LogP contribution in [0.25, 0.3) is 17.2 Å². The van der Waals surface area contributed by atoms with Gasteiger partial charge >= 0.3 is 63.0 Å². The maximum Gasteiger partial charge on any atom is 1.00 e. The van der Waals surface area contributed by atoms with Crippen LogP contribution in [-0.4, -0.2) is 80.1 Å². The number of ether oxygens (including phenoxy) is 1. The van der Waals surface area contributed by atoms with Crippen molar-refractivity contribution < 1.29 is 96.3 Å². The number of aryl methyl sites for hydroxylation is 2. The van der Waals surface area contributed by atoms with E-state index in [1.54, 1.807) is 18.7 Å². The number of aromatic nitrogens is 4. The first kappa shape index (κ1) is 33.4. The van der Waals surface area contributed by atoms with Crippen molar-refractivity contribution in [3.63, 3.8) is 0 Å². The Morgan fingerprint density at radius 1 is 1.10 bits per heavy atom. The topological polar surface area (TPSA) is 229 Å². The summed E-state index contributed by atoms with van der Waals surface area (Å²) in [5.74, 6) is -3.53. The zero-order valence-corrected chi connectivity index (χ0v) is 25.2. The van der Waals surface area contributed by atoms with Crippen LogP contribution in [0, 0.1) is 0 Å². The molecular formula is C24H27KN4O11. The molecule has 1 aliphatic rings. The molecule has 1 aliphatic carbocycles. The molecule has 0 bridgehead atoms. The van der Waals surface area contributed by atoms with Crippen LogP contribution in [-0.2, 0) is 35.5 Å². The van der Waals surface area contributed by atoms with Crippen LogP contribution in [0.4, 0.5) is 0 Å².